The van der Waals surface area contributed by atoms with Gasteiger partial charge in [-0.15, -0.1) is 0 Å². The fourth-order valence-electron chi connectivity index (χ4n) is 2.27. The van der Waals surface area contributed by atoms with E-state index in [0.29, 0.717) is 0 Å². The second-order valence-electron chi connectivity index (χ2n) is 4.03. The molecule has 1 aliphatic carbocycles. The highest BCUT2D eigenvalue weighted by molar-refractivity contribution is 5.36. The molecule has 3 rings (SSSR count). The molecule has 0 aliphatic heterocycles. The number of H-pyrrole nitrogens is 1. The van der Waals surface area contributed by atoms with E-state index in [-0.39, 0.29) is 11.4 Å². The molecule has 82 valence electrons. The van der Waals surface area contributed by atoms with Crippen molar-refractivity contribution in [3.63, 3.8) is 0 Å². The number of aromatic nitrogens is 2. The summed E-state index contributed by atoms with van der Waals surface area (Å²) in [4.78, 5) is 11.6. The van der Waals surface area contributed by atoms with Gasteiger partial charge in [0, 0.05) is 11.3 Å². The van der Waals surface area contributed by atoms with Crippen LogP contribution in [0, 0.1) is 5.82 Å². The van der Waals surface area contributed by atoms with Crippen LogP contribution >= 0.6 is 0 Å². The molecule has 0 unspecified atom stereocenters. The number of rotatable bonds is 1. The zero-order valence-electron chi connectivity index (χ0n) is 8.66. The van der Waals surface area contributed by atoms with Gasteiger partial charge >= 0.3 is 0 Å². The van der Waals surface area contributed by atoms with Crippen molar-refractivity contribution < 1.29 is 4.39 Å². The maximum absolute atomic E-state index is 12.8. The van der Waals surface area contributed by atoms with E-state index in [9.17, 15) is 9.18 Å². The molecule has 1 N–H and O–H groups in total. The molecule has 0 saturated carbocycles. The molecule has 0 bridgehead atoms. The lowest BCUT2D eigenvalue weighted by Gasteiger charge is -2.05. The first-order chi connectivity index (χ1) is 7.75. The zero-order valence-corrected chi connectivity index (χ0v) is 8.66. The molecule has 0 atom stereocenters. The average Bonchev–Trinajstić information content (AvgIpc) is 2.84. The fourth-order valence-corrected chi connectivity index (χ4v) is 2.27. The van der Waals surface area contributed by atoms with Gasteiger partial charge in [-0.3, -0.25) is 14.6 Å². The third-order valence-electron chi connectivity index (χ3n) is 3.03. The lowest BCUT2D eigenvalue weighted by Crippen LogP contribution is -2.07. The lowest BCUT2D eigenvalue weighted by molar-refractivity contribution is 0.626. The maximum Gasteiger partial charge on any atom is 0.267 e. The predicted octanol–water partition coefficient (Wildman–Crippen LogP) is 1.79. The molecule has 1 aromatic heterocycles. The van der Waals surface area contributed by atoms with E-state index >= 15 is 0 Å². The predicted molar refractivity (Wildman–Crippen MR) is 58.4 cm³/mol. The van der Waals surface area contributed by atoms with Gasteiger partial charge in [-0.05, 0) is 43.5 Å². The number of fused-ring (bicyclic) bond motifs is 1. The Morgan fingerprint density at radius 3 is 2.69 bits per heavy atom. The largest absolute Gasteiger partial charge is 0.268 e. The Labute approximate surface area is 91.5 Å². The van der Waals surface area contributed by atoms with Crippen LogP contribution in [0.15, 0.2) is 29.1 Å². The van der Waals surface area contributed by atoms with Crippen LogP contribution < -0.4 is 5.56 Å². The molecule has 4 heteroatoms. The van der Waals surface area contributed by atoms with Gasteiger partial charge in [0.15, 0.2) is 0 Å². The number of nitrogens with one attached hydrogen (secondary N) is 1. The van der Waals surface area contributed by atoms with Gasteiger partial charge in [0.1, 0.15) is 5.82 Å². The smallest absolute Gasteiger partial charge is 0.267 e. The number of halogens is 1. The first kappa shape index (κ1) is 9.39. The highest BCUT2D eigenvalue weighted by atomic mass is 19.1. The van der Waals surface area contributed by atoms with Crippen molar-refractivity contribution in [2.24, 2.45) is 0 Å². The fraction of sp³-hybridized carbons (Fsp3) is 0.250. The van der Waals surface area contributed by atoms with Gasteiger partial charge in [0.25, 0.3) is 5.56 Å². The summed E-state index contributed by atoms with van der Waals surface area (Å²) in [5.41, 5.74) is 2.71. The molecule has 0 saturated heterocycles. The Kier molecular flexibility index (Phi) is 1.96. The Morgan fingerprint density at radius 2 is 1.94 bits per heavy atom. The molecule has 1 aromatic carbocycles. The van der Waals surface area contributed by atoms with E-state index in [1.807, 2.05) is 0 Å². The second-order valence-corrected chi connectivity index (χ2v) is 4.03. The minimum absolute atomic E-state index is 0.0168. The highest BCUT2D eigenvalue weighted by Gasteiger charge is 2.20. The molecule has 0 fully saturated rings. The standard InChI is InChI=1S/C12H11FN2O/c13-8-4-6-9(7-5-8)15-11-3-1-2-10(11)12(16)14-15/h4-7H,1-3H2,(H,14,16). The normalized spacial score (nSPS) is 14.1. The minimum Gasteiger partial charge on any atom is -0.268 e. The molecule has 1 aliphatic rings. The molecular weight excluding hydrogens is 207 g/mol. The SMILES string of the molecule is O=c1[nH]n(-c2ccc(F)cc2)c2c1CCC2. The van der Waals surface area contributed by atoms with E-state index in [1.165, 1.54) is 12.1 Å². The summed E-state index contributed by atoms with van der Waals surface area (Å²) in [5.74, 6) is -0.269. The van der Waals surface area contributed by atoms with Crippen LogP contribution in [0.1, 0.15) is 17.7 Å². The van der Waals surface area contributed by atoms with Crippen LogP contribution in [-0.2, 0) is 12.8 Å². The molecule has 0 spiro atoms. The van der Waals surface area contributed by atoms with Crippen molar-refractivity contribution in [3.8, 4) is 5.69 Å². The van der Waals surface area contributed by atoms with Crippen LogP contribution in [0.3, 0.4) is 0 Å². The molecule has 1 heterocycles. The molecule has 0 amide bonds. The third kappa shape index (κ3) is 1.30. The molecule has 16 heavy (non-hydrogen) atoms. The van der Waals surface area contributed by atoms with Crippen LogP contribution in [-0.4, -0.2) is 9.78 Å². The monoisotopic (exact) mass is 218 g/mol. The van der Waals surface area contributed by atoms with Crippen LogP contribution in [0.2, 0.25) is 0 Å². The Balaban J connectivity index is 2.17. The van der Waals surface area contributed by atoms with Crippen molar-refractivity contribution in [2.45, 2.75) is 19.3 Å². The van der Waals surface area contributed by atoms with E-state index in [1.54, 1.807) is 16.8 Å². The summed E-state index contributed by atoms with van der Waals surface area (Å²) < 4.78 is 14.6. The quantitative estimate of drug-likeness (QED) is 0.778. The average molecular weight is 218 g/mol. The summed E-state index contributed by atoms with van der Waals surface area (Å²) in [6.07, 6.45) is 2.78. The van der Waals surface area contributed by atoms with Crippen molar-refractivity contribution in [3.05, 3.63) is 51.7 Å². The van der Waals surface area contributed by atoms with E-state index < -0.39 is 0 Å². The van der Waals surface area contributed by atoms with Crippen molar-refractivity contribution in [1.29, 1.82) is 0 Å². The van der Waals surface area contributed by atoms with Gasteiger partial charge in [0.05, 0.1) is 5.69 Å². The highest BCUT2D eigenvalue weighted by Crippen LogP contribution is 2.21. The molecule has 3 nitrogen and oxygen atoms in total. The Morgan fingerprint density at radius 1 is 1.19 bits per heavy atom. The van der Waals surface area contributed by atoms with E-state index in [4.69, 9.17) is 0 Å². The van der Waals surface area contributed by atoms with Gasteiger partial charge in [-0.2, -0.15) is 0 Å². The topological polar surface area (TPSA) is 37.8 Å². The Bertz CT molecular complexity index is 580. The van der Waals surface area contributed by atoms with Gasteiger partial charge in [0.2, 0.25) is 0 Å². The van der Waals surface area contributed by atoms with Crippen molar-refractivity contribution in [1.82, 2.24) is 9.78 Å². The Hall–Kier alpha value is -1.84. The third-order valence-corrected chi connectivity index (χ3v) is 3.03. The van der Waals surface area contributed by atoms with Crippen LogP contribution in [0.5, 0.6) is 0 Å². The minimum atomic E-state index is -0.269. The summed E-state index contributed by atoms with van der Waals surface area (Å²) in [5, 5.41) is 2.79. The van der Waals surface area contributed by atoms with Crippen molar-refractivity contribution >= 4 is 0 Å². The lowest BCUT2D eigenvalue weighted by atomic mass is 10.2. The molecule has 0 radical (unpaired) electrons. The van der Waals surface area contributed by atoms with E-state index in [2.05, 4.69) is 5.10 Å². The second kappa shape index (κ2) is 3.33. The first-order valence-corrected chi connectivity index (χ1v) is 5.34. The number of nitrogens with zero attached hydrogens (tertiary/aromatic N) is 1. The van der Waals surface area contributed by atoms with E-state index in [0.717, 1.165) is 36.2 Å². The first-order valence-electron chi connectivity index (χ1n) is 5.34. The molecule has 2 aromatic rings. The number of aromatic amines is 1. The van der Waals surface area contributed by atoms with Crippen LogP contribution in [0.4, 0.5) is 4.39 Å². The number of benzene rings is 1. The van der Waals surface area contributed by atoms with Gasteiger partial charge in [-0.25, -0.2) is 4.39 Å². The molecular formula is C12H11FN2O. The summed E-state index contributed by atoms with van der Waals surface area (Å²) in [7, 11) is 0. The summed E-state index contributed by atoms with van der Waals surface area (Å²) >= 11 is 0. The summed E-state index contributed by atoms with van der Waals surface area (Å²) in [6, 6.07) is 6.14. The van der Waals surface area contributed by atoms with Crippen LogP contribution in [0.25, 0.3) is 5.69 Å². The summed E-state index contributed by atoms with van der Waals surface area (Å²) in [6.45, 7) is 0. The zero-order chi connectivity index (χ0) is 11.1. The number of hydrogen-bond donors (Lipinski definition) is 1. The van der Waals surface area contributed by atoms with Gasteiger partial charge in [-0.1, -0.05) is 0 Å². The van der Waals surface area contributed by atoms with Crippen molar-refractivity contribution in [2.75, 3.05) is 0 Å². The van der Waals surface area contributed by atoms with Gasteiger partial charge < -0.3 is 0 Å². The maximum atomic E-state index is 12.8. The number of hydrogen-bond acceptors (Lipinski definition) is 1.